The standard InChI is InChI=1S/C33H33F3N4O6S/c1-6-12-39(13-7-2)27-18(3)14-21(47(37,45)46)17-26(27)40-30(43)23-11-9-20(16-25(23)31(40)44)32(4,33(34,35)36)19-8-10-22-24(15-19)29(42)38(5)28(22)41/h8-11,14-17H,6-7,12-13H2,1-5H3,(H2,37,45,46). The first-order valence-corrected chi connectivity index (χ1v) is 16.4. The number of imide groups is 2. The maximum absolute atomic E-state index is 15.0. The lowest BCUT2D eigenvalue weighted by atomic mass is 9.74. The molecule has 10 nitrogen and oxygen atoms in total. The molecule has 0 spiro atoms. The van der Waals surface area contributed by atoms with Crippen molar-refractivity contribution in [1.82, 2.24) is 4.90 Å². The summed E-state index contributed by atoms with van der Waals surface area (Å²) in [6.45, 7) is 7.42. The second kappa shape index (κ2) is 11.6. The lowest BCUT2D eigenvalue weighted by Crippen LogP contribution is -2.41. The summed E-state index contributed by atoms with van der Waals surface area (Å²) in [6, 6.07) is 9.04. The van der Waals surface area contributed by atoms with E-state index in [1.807, 2.05) is 18.7 Å². The highest BCUT2D eigenvalue weighted by Gasteiger charge is 2.55. The first-order chi connectivity index (χ1) is 21.9. The van der Waals surface area contributed by atoms with Crippen LogP contribution in [-0.2, 0) is 15.4 Å². The molecule has 5 rings (SSSR count). The molecule has 3 aromatic carbocycles. The van der Waals surface area contributed by atoms with E-state index < -0.39 is 45.2 Å². The molecule has 0 bridgehead atoms. The number of halogens is 3. The van der Waals surface area contributed by atoms with Crippen molar-refractivity contribution in [2.75, 3.05) is 29.9 Å². The zero-order valence-corrected chi connectivity index (χ0v) is 27.2. The van der Waals surface area contributed by atoms with Gasteiger partial charge in [0.05, 0.1) is 38.5 Å². The highest BCUT2D eigenvalue weighted by Crippen LogP contribution is 2.48. The van der Waals surface area contributed by atoms with E-state index in [2.05, 4.69) is 0 Å². The third kappa shape index (κ3) is 5.28. The summed E-state index contributed by atoms with van der Waals surface area (Å²) in [6.07, 6.45) is -3.57. The second-order valence-electron chi connectivity index (χ2n) is 11.9. The molecule has 2 aliphatic rings. The number of aryl methyl sites for hydroxylation is 1. The smallest absolute Gasteiger partial charge is 0.370 e. The molecule has 3 aromatic rings. The summed E-state index contributed by atoms with van der Waals surface area (Å²) < 4.78 is 69.9. The number of sulfonamides is 1. The Morgan fingerprint density at radius 3 is 1.72 bits per heavy atom. The van der Waals surface area contributed by atoms with Crippen molar-refractivity contribution in [2.24, 2.45) is 5.14 Å². The molecule has 47 heavy (non-hydrogen) atoms. The van der Waals surface area contributed by atoms with Crippen LogP contribution in [0.3, 0.4) is 0 Å². The third-order valence-corrected chi connectivity index (χ3v) is 9.72. The molecule has 0 radical (unpaired) electrons. The number of hydrogen-bond donors (Lipinski definition) is 1. The molecule has 0 saturated carbocycles. The van der Waals surface area contributed by atoms with Crippen LogP contribution < -0.4 is 14.9 Å². The molecule has 1 unspecified atom stereocenters. The summed E-state index contributed by atoms with van der Waals surface area (Å²) in [5.41, 5.74) is -3.36. The molecule has 248 valence electrons. The number of benzene rings is 3. The minimum absolute atomic E-state index is 0.0239. The van der Waals surface area contributed by atoms with E-state index in [-0.39, 0.29) is 44.0 Å². The maximum atomic E-state index is 15.0. The van der Waals surface area contributed by atoms with Gasteiger partial charge in [0.25, 0.3) is 23.6 Å². The number of anilines is 2. The van der Waals surface area contributed by atoms with Crippen LogP contribution in [-0.4, -0.2) is 63.3 Å². The number of amides is 4. The van der Waals surface area contributed by atoms with E-state index in [0.717, 1.165) is 53.1 Å². The number of alkyl halides is 3. The molecular formula is C33H33F3N4O6S. The zero-order valence-electron chi connectivity index (χ0n) is 26.4. The van der Waals surface area contributed by atoms with Crippen molar-refractivity contribution < 1.29 is 40.8 Å². The van der Waals surface area contributed by atoms with Gasteiger partial charge in [-0.2, -0.15) is 13.2 Å². The Balaban J connectivity index is 1.68. The molecule has 14 heteroatoms. The predicted molar refractivity (Wildman–Crippen MR) is 168 cm³/mol. The van der Waals surface area contributed by atoms with E-state index in [4.69, 9.17) is 5.14 Å². The minimum Gasteiger partial charge on any atom is -0.370 e. The average Bonchev–Trinajstić information content (AvgIpc) is 3.38. The maximum Gasteiger partial charge on any atom is 0.402 e. The van der Waals surface area contributed by atoms with Crippen molar-refractivity contribution in [2.45, 2.75) is 57.0 Å². The molecule has 0 aromatic heterocycles. The highest BCUT2D eigenvalue weighted by molar-refractivity contribution is 7.89. The van der Waals surface area contributed by atoms with Gasteiger partial charge >= 0.3 is 6.18 Å². The van der Waals surface area contributed by atoms with Crippen molar-refractivity contribution in [1.29, 1.82) is 0 Å². The van der Waals surface area contributed by atoms with Gasteiger partial charge in [-0.3, -0.25) is 24.1 Å². The van der Waals surface area contributed by atoms with Gasteiger partial charge in [0.2, 0.25) is 10.0 Å². The Hall–Kier alpha value is -4.56. The molecular weight excluding hydrogens is 637 g/mol. The Kier molecular flexibility index (Phi) is 8.34. The molecule has 0 fully saturated rings. The summed E-state index contributed by atoms with van der Waals surface area (Å²) in [7, 11) is -3.04. The van der Waals surface area contributed by atoms with Gasteiger partial charge in [-0.15, -0.1) is 0 Å². The molecule has 2 N–H and O–H groups in total. The number of fused-ring (bicyclic) bond motifs is 2. The lowest BCUT2D eigenvalue weighted by Gasteiger charge is -2.33. The fourth-order valence-corrected chi connectivity index (χ4v) is 6.90. The molecule has 1 atom stereocenters. The Bertz CT molecular complexity index is 1970. The van der Waals surface area contributed by atoms with Crippen LogP contribution >= 0.6 is 0 Å². The molecule has 2 heterocycles. The van der Waals surface area contributed by atoms with Gasteiger partial charge in [-0.05, 0) is 79.8 Å². The van der Waals surface area contributed by atoms with Crippen LogP contribution in [0.25, 0.3) is 0 Å². The van der Waals surface area contributed by atoms with Gasteiger partial charge in [-0.1, -0.05) is 26.0 Å². The normalized spacial score (nSPS) is 16.1. The van der Waals surface area contributed by atoms with Gasteiger partial charge in [-0.25, -0.2) is 18.5 Å². The van der Waals surface area contributed by atoms with E-state index in [0.29, 0.717) is 37.2 Å². The number of carbonyl (C=O) groups is 4. The van der Waals surface area contributed by atoms with Crippen molar-refractivity contribution in [3.05, 3.63) is 87.5 Å². The van der Waals surface area contributed by atoms with Gasteiger partial charge in [0, 0.05) is 20.1 Å². The summed E-state index contributed by atoms with van der Waals surface area (Å²) in [5.74, 6) is -3.15. The summed E-state index contributed by atoms with van der Waals surface area (Å²) in [4.78, 5) is 56.1. The largest absolute Gasteiger partial charge is 0.402 e. The average molecular weight is 671 g/mol. The molecule has 0 saturated heterocycles. The second-order valence-corrected chi connectivity index (χ2v) is 13.5. The monoisotopic (exact) mass is 670 g/mol. The number of hydrogen-bond acceptors (Lipinski definition) is 7. The van der Waals surface area contributed by atoms with E-state index in [9.17, 15) is 27.6 Å². The third-order valence-electron chi connectivity index (χ3n) is 8.82. The van der Waals surface area contributed by atoms with E-state index in [1.54, 1.807) is 6.92 Å². The Morgan fingerprint density at radius 1 is 0.766 bits per heavy atom. The molecule has 4 amide bonds. The number of carbonyl (C=O) groups excluding carboxylic acids is 4. The number of rotatable bonds is 9. The first kappa shape index (κ1) is 33.8. The van der Waals surface area contributed by atoms with Crippen LogP contribution in [0.15, 0.2) is 53.4 Å². The Labute approximate surface area is 270 Å². The van der Waals surface area contributed by atoms with Crippen molar-refractivity contribution >= 4 is 45.0 Å². The fraction of sp³-hybridized carbons (Fsp3) is 0.333. The van der Waals surface area contributed by atoms with Gasteiger partial charge in [0.1, 0.15) is 5.41 Å². The van der Waals surface area contributed by atoms with E-state index in [1.165, 1.54) is 19.2 Å². The highest BCUT2D eigenvalue weighted by atomic mass is 32.2. The van der Waals surface area contributed by atoms with Crippen molar-refractivity contribution in [3.63, 3.8) is 0 Å². The molecule has 2 aliphatic heterocycles. The van der Waals surface area contributed by atoms with E-state index >= 15 is 13.2 Å². The lowest BCUT2D eigenvalue weighted by molar-refractivity contribution is -0.173. The van der Waals surface area contributed by atoms with Crippen molar-refractivity contribution in [3.8, 4) is 0 Å². The quantitative estimate of drug-likeness (QED) is 0.310. The zero-order chi connectivity index (χ0) is 34.8. The van der Waals surface area contributed by atoms with Crippen LogP contribution in [0.5, 0.6) is 0 Å². The topological polar surface area (TPSA) is 138 Å². The minimum atomic E-state index is -4.95. The van der Waals surface area contributed by atoms with Crippen LogP contribution in [0, 0.1) is 6.92 Å². The number of nitrogens with zero attached hydrogens (tertiary/aromatic N) is 3. The molecule has 0 aliphatic carbocycles. The number of nitrogens with two attached hydrogens (primary N) is 1. The van der Waals surface area contributed by atoms with Gasteiger partial charge in [0.15, 0.2) is 0 Å². The van der Waals surface area contributed by atoms with Crippen LogP contribution in [0.4, 0.5) is 24.5 Å². The summed E-state index contributed by atoms with van der Waals surface area (Å²) >= 11 is 0. The van der Waals surface area contributed by atoms with Crippen LogP contribution in [0.1, 0.15) is 91.7 Å². The number of primary sulfonamides is 1. The fourth-order valence-electron chi connectivity index (χ4n) is 6.29. The van der Waals surface area contributed by atoms with Crippen LogP contribution in [0.2, 0.25) is 0 Å². The Morgan fingerprint density at radius 2 is 1.23 bits per heavy atom. The summed E-state index contributed by atoms with van der Waals surface area (Å²) in [5, 5.41) is 5.43. The SMILES string of the molecule is CCCN(CCC)c1c(C)cc(S(N)(=O)=O)cc1N1C(=O)c2ccc(C(C)(c3ccc4c(c3)C(=O)N(C)C4=O)C(F)(F)F)cc2C1=O. The first-order valence-electron chi connectivity index (χ1n) is 14.9. The van der Waals surface area contributed by atoms with Gasteiger partial charge < -0.3 is 4.90 Å². The predicted octanol–water partition coefficient (Wildman–Crippen LogP) is 5.16.